The lowest BCUT2D eigenvalue weighted by Gasteiger charge is -2.11. The van der Waals surface area contributed by atoms with E-state index in [0.717, 1.165) is 55.4 Å². The molecule has 0 unspecified atom stereocenters. The maximum absolute atomic E-state index is 15.0. The van der Waals surface area contributed by atoms with Crippen LogP contribution in [-0.2, 0) is 6.42 Å². The first-order chi connectivity index (χ1) is 20.4. The van der Waals surface area contributed by atoms with Gasteiger partial charge in [-0.2, -0.15) is 13.2 Å². The van der Waals surface area contributed by atoms with Gasteiger partial charge in [0.25, 0.3) is 0 Å². The fraction of sp³-hybridized carbons (Fsp3) is 0.176. The molecule has 0 bridgehead atoms. The van der Waals surface area contributed by atoms with Crippen molar-refractivity contribution >= 4 is 0 Å². The Kier molecular flexibility index (Phi) is 9.56. The number of rotatable bonds is 6. The highest BCUT2D eigenvalue weighted by Crippen LogP contribution is 2.34. The summed E-state index contributed by atoms with van der Waals surface area (Å²) in [5, 5.41) is 0. The summed E-state index contributed by atoms with van der Waals surface area (Å²) in [6.45, 7) is 2.07. The summed E-state index contributed by atoms with van der Waals surface area (Å²) in [5.41, 5.74) is -2.05. The van der Waals surface area contributed by atoms with Crippen LogP contribution in [0.4, 0.5) is 39.5 Å². The first-order valence-corrected chi connectivity index (χ1v) is 13.0. The molecule has 0 aliphatic carbocycles. The van der Waals surface area contributed by atoms with Crippen molar-refractivity contribution < 1.29 is 39.5 Å². The van der Waals surface area contributed by atoms with Crippen LogP contribution in [0, 0.1) is 58.6 Å². The Morgan fingerprint density at radius 1 is 0.605 bits per heavy atom. The van der Waals surface area contributed by atoms with Crippen LogP contribution in [0.2, 0.25) is 0 Å². The first-order valence-electron chi connectivity index (χ1n) is 13.0. The summed E-state index contributed by atoms with van der Waals surface area (Å²) in [7, 11) is 0. The van der Waals surface area contributed by atoms with E-state index in [-0.39, 0.29) is 22.3 Å². The van der Waals surface area contributed by atoms with Gasteiger partial charge in [0.15, 0.2) is 0 Å². The second-order valence-corrected chi connectivity index (χ2v) is 9.59. The molecule has 4 aromatic rings. The lowest BCUT2D eigenvalue weighted by molar-refractivity contribution is -0.0696. The summed E-state index contributed by atoms with van der Waals surface area (Å²) >= 11 is 0. The van der Waals surface area contributed by atoms with Crippen LogP contribution >= 0.6 is 0 Å². The van der Waals surface area contributed by atoms with Crippen molar-refractivity contribution in [3.8, 4) is 45.9 Å². The van der Waals surface area contributed by atoms with Crippen LogP contribution < -0.4 is 0 Å². The number of benzene rings is 4. The normalized spacial score (nSPS) is 11.0. The number of aryl methyl sites for hydroxylation is 1. The van der Waals surface area contributed by atoms with E-state index < -0.39 is 57.8 Å². The molecule has 0 spiro atoms. The van der Waals surface area contributed by atoms with Gasteiger partial charge in [0.1, 0.15) is 34.9 Å². The third kappa shape index (κ3) is 7.81. The van der Waals surface area contributed by atoms with E-state index in [9.17, 15) is 39.5 Å². The molecular formula is C34H21F9. The molecule has 0 amide bonds. The Bertz CT molecular complexity index is 1750. The maximum atomic E-state index is 15.0. The molecule has 0 aromatic heterocycles. The number of alkyl halides is 3. The minimum atomic E-state index is -5.01. The van der Waals surface area contributed by atoms with Gasteiger partial charge in [-0.3, -0.25) is 0 Å². The molecule has 0 N–H and O–H groups in total. The monoisotopic (exact) mass is 600 g/mol. The van der Waals surface area contributed by atoms with Crippen molar-refractivity contribution in [3.63, 3.8) is 0 Å². The summed E-state index contributed by atoms with van der Waals surface area (Å²) in [6, 6.07) is 10.7. The lowest BCUT2D eigenvalue weighted by atomic mass is 9.97. The van der Waals surface area contributed by atoms with Crippen molar-refractivity contribution in [1.82, 2.24) is 0 Å². The van der Waals surface area contributed by atoms with Crippen LogP contribution in [-0.4, -0.2) is 6.18 Å². The van der Waals surface area contributed by atoms with Crippen molar-refractivity contribution in [2.45, 2.75) is 38.8 Å². The predicted octanol–water partition coefficient (Wildman–Crippen LogP) is 9.90. The molecular weight excluding hydrogens is 579 g/mol. The van der Waals surface area contributed by atoms with Gasteiger partial charge in [-0.05, 0) is 78.1 Å². The van der Waals surface area contributed by atoms with Gasteiger partial charge < -0.3 is 0 Å². The molecule has 43 heavy (non-hydrogen) atoms. The predicted molar refractivity (Wildman–Crippen MR) is 146 cm³/mol. The maximum Gasteiger partial charge on any atom is 0.458 e. The van der Waals surface area contributed by atoms with Crippen molar-refractivity contribution in [2.24, 2.45) is 0 Å². The van der Waals surface area contributed by atoms with E-state index in [1.807, 2.05) is 0 Å². The molecule has 0 nitrogen and oxygen atoms in total. The summed E-state index contributed by atoms with van der Waals surface area (Å²) in [6.07, 6.45) is -1.24. The highest BCUT2D eigenvalue weighted by molar-refractivity contribution is 5.73. The smallest absolute Gasteiger partial charge is 0.206 e. The molecule has 0 aliphatic rings. The van der Waals surface area contributed by atoms with E-state index in [1.165, 1.54) is 24.1 Å². The van der Waals surface area contributed by atoms with Gasteiger partial charge in [0.05, 0.1) is 16.7 Å². The average Bonchev–Trinajstić information content (AvgIpc) is 2.91. The van der Waals surface area contributed by atoms with E-state index >= 15 is 0 Å². The molecule has 4 rings (SSSR count). The van der Waals surface area contributed by atoms with Crippen LogP contribution in [0.15, 0.2) is 60.7 Å². The molecule has 4 aromatic carbocycles. The van der Waals surface area contributed by atoms with Gasteiger partial charge in [-0.25, -0.2) is 26.3 Å². The Morgan fingerprint density at radius 2 is 1.26 bits per heavy atom. The van der Waals surface area contributed by atoms with E-state index in [0.29, 0.717) is 12.1 Å². The van der Waals surface area contributed by atoms with Crippen molar-refractivity contribution in [1.29, 1.82) is 0 Å². The summed E-state index contributed by atoms with van der Waals surface area (Å²) in [5.74, 6) is 0.226. The van der Waals surface area contributed by atoms with Crippen LogP contribution in [0.3, 0.4) is 0 Å². The third-order valence-corrected chi connectivity index (χ3v) is 6.43. The Labute approximate surface area is 242 Å². The Balaban J connectivity index is 1.59. The quantitative estimate of drug-likeness (QED) is 0.117. The molecule has 9 heteroatoms. The fourth-order valence-corrected chi connectivity index (χ4v) is 4.34. The summed E-state index contributed by atoms with van der Waals surface area (Å²) < 4.78 is 125. The number of unbranched alkanes of at least 4 members (excludes halogenated alkanes) is 2. The minimum Gasteiger partial charge on any atom is -0.206 e. The van der Waals surface area contributed by atoms with Gasteiger partial charge >= 0.3 is 6.18 Å². The molecule has 0 radical (unpaired) electrons. The van der Waals surface area contributed by atoms with Crippen LogP contribution in [0.25, 0.3) is 22.3 Å². The zero-order chi connectivity index (χ0) is 31.3. The van der Waals surface area contributed by atoms with Crippen LogP contribution in [0.5, 0.6) is 0 Å². The van der Waals surface area contributed by atoms with E-state index in [2.05, 4.69) is 18.8 Å². The zero-order valence-corrected chi connectivity index (χ0v) is 22.5. The molecule has 0 fully saturated rings. The Hall–Kier alpha value is -4.63. The lowest BCUT2D eigenvalue weighted by Crippen LogP contribution is -2.03. The van der Waals surface area contributed by atoms with Crippen molar-refractivity contribution in [3.05, 3.63) is 118 Å². The van der Waals surface area contributed by atoms with Crippen LogP contribution in [0.1, 0.15) is 48.4 Å². The van der Waals surface area contributed by atoms with E-state index in [4.69, 9.17) is 0 Å². The second-order valence-electron chi connectivity index (χ2n) is 9.59. The van der Waals surface area contributed by atoms with Crippen molar-refractivity contribution in [2.75, 3.05) is 0 Å². The number of hydrogen-bond donors (Lipinski definition) is 0. The molecule has 0 saturated carbocycles. The number of halogens is 9. The topological polar surface area (TPSA) is 0 Å². The standard InChI is InChI=1S/C34H21F9/c1-2-3-4-5-20-6-9-22(27(35)14-20)10-7-21-8-11-25(28(36)15-21)23-16-31(39)33(32(40)17-23)24-18-29(37)26(30(38)19-24)12-13-34(41,42)43/h6,8-9,11,14-19H,2-5H2,1H3. The van der Waals surface area contributed by atoms with Gasteiger partial charge in [0.2, 0.25) is 0 Å². The molecule has 0 heterocycles. The SMILES string of the molecule is CCCCCc1ccc(C#Cc2ccc(-c3cc(F)c(-c4cc(F)c(C#CC(F)(F)F)c(F)c4)c(F)c3)c(F)c2)c(F)c1. The van der Waals surface area contributed by atoms with E-state index in [1.54, 1.807) is 12.1 Å². The molecule has 0 atom stereocenters. The zero-order valence-electron chi connectivity index (χ0n) is 22.5. The molecule has 0 saturated heterocycles. The minimum absolute atomic E-state index is 0.122. The average molecular weight is 601 g/mol. The first kappa shape index (κ1) is 31.3. The second kappa shape index (κ2) is 13.1. The largest absolute Gasteiger partial charge is 0.458 e. The summed E-state index contributed by atoms with van der Waals surface area (Å²) in [4.78, 5) is 0. The van der Waals surface area contributed by atoms with Gasteiger partial charge in [-0.15, -0.1) is 0 Å². The Morgan fingerprint density at radius 3 is 1.84 bits per heavy atom. The van der Waals surface area contributed by atoms with Gasteiger partial charge in [-0.1, -0.05) is 49.7 Å². The highest BCUT2D eigenvalue weighted by atomic mass is 19.4. The van der Waals surface area contributed by atoms with Gasteiger partial charge in [0, 0.05) is 17.0 Å². The fourth-order valence-electron chi connectivity index (χ4n) is 4.34. The highest BCUT2D eigenvalue weighted by Gasteiger charge is 2.24. The molecule has 220 valence electrons. The third-order valence-electron chi connectivity index (χ3n) is 6.43. The number of hydrogen-bond acceptors (Lipinski definition) is 0. The molecule has 0 aliphatic heterocycles.